The van der Waals surface area contributed by atoms with E-state index in [-0.39, 0.29) is 22.7 Å². The second kappa shape index (κ2) is 5.67. The second-order valence-electron chi connectivity index (χ2n) is 6.69. The third-order valence-corrected chi connectivity index (χ3v) is 4.66. The number of aromatic nitrogens is 2. The van der Waals surface area contributed by atoms with Crippen molar-refractivity contribution < 1.29 is 0 Å². The molecule has 7 nitrogen and oxygen atoms in total. The van der Waals surface area contributed by atoms with Gasteiger partial charge < -0.3 is 10.6 Å². The average Bonchev–Trinajstić information content (AvgIpc) is 2.61. The number of pyridine rings is 1. The van der Waals surface area contributed by atoms with Gasteiger partial charge in [-0.1, -0.05) is 12.1 Å². The van der Waals surface area contributed by atoms with Gasteiger partial charge in [0.05, 0.1) is 16.4 Å². The molecule has 4 rings (SSSR count). The van der Waals surface area contributed by atoms with Crippen LogP contribution in [0.4, 0.5) is 5.69 Å². The monoisotopic (exact) mass is 350 g/mol. The van der Waals surface area contributed by atoms with E-state index in [9.17, 15) is 14.4 Å². The molecule has 0 aliphatic heterocycles. The topological polar surface area (TPSA) is 89.8 Å². The van der Waals surface area contributed by atoms with Gasteiger partial charge in [-0.05, 0) is 38.4 Å². The first-order valence-corrected chi connectivity index (χ1v) is 8.28. The van der Waals surface area contributed by atoms with Gasteiger partial charge in [0, 0.05) is 29.5 Å². The van der Waals surface area contributed by atoms with E-state index in [1.807, 2.05) is 19.0 Å². The summed E-state index contributed by atoms with van der Waals surface area (Å²) in [6.07, 6.45) is 0. The van der Waals surface area contributed by atoms with Crippen molar-refractivity contribution in [3.63, 3.8) is 0 Å². The Morgan fingerprint density at radius 3 is 2.42 bits per heavy atom. The van der Waals surface area contributed by atoms with Crippen molar-refractivity contribution in [2.24, 2.45) is 0 Å². The second-order valence-corrected chi connectivity index (χ2v) is 6.69. The highest BCUT2D eigenvalue weighted by Gasteiger charge is 2.18. The maximum absolute atomic E-state index is 13.2. The number of anilines is 1. The van der Waals surface area contributed by atoms with Crippen molar-refractivity contribution in [2.45, 2.75) is 6.54 Å². The lowest BCUT2D eigenvalue weighted by molar-refractivity contribution is 0.376. The van der Waals surface area contributed by atoms with Crippen LogP contribution >= 0.6 is 0 Å². The van der Waals surface area contributed by atoms with Gasteiger partial charge >= 0.3 is 5.69 Å². The molecule has 0 saturated heterocycles. The third-order valence-electron chi connectivity index (χ3n) is 4.66. The van der Waals surface area contributed by atoms with Crippen molar-refractivity contribution in [3.8, 4) is 0 Å². The molecule has 0 atom stereocenters. The summed E-state index contributed by atoms with van der Waals surface area (Å²) in [5.74, 6) is 0. The van der Waals surface area contributed by atoms with Gasteiger partial charge in [-0.15, -0.1) is 0 Å². The summed E-state index contributed by atoms with van der Waals surface area (Å²) < 4.78 is 2.66. The maximum Gasteiger partial charge on any atom is 0.336 e. The molecule has 0 saturated carbocycles. The number of fused-ring (bicyclic) bond motifs is 2. The Bertz CT molecular complexity index is 1330. The van der Waals surface area contributed by atoms with Gasteiger partial charge in [0.2, 0.25) is 0 Å². The molecule has 132 valence electrons. The summed E-state index contributed by atoms with van der Waals surface area (Å²) in [7, 11) is 3.75. The highest BCUT2D eigenvalue weighted by atomic mass is 16.2. The zero-order valence-corrected chi connectivity index (χ0v) is 14.5. The Hall–Kier alpha value is -3.19. The minimum absolute atomic E-state index is 0.234. The van der Waals surface area contributed by atoms with Crippen LogP contribution < -0.4 is 22.4 Å². The van der Waals surface area contributed by atoms with E-state index in [0.717, 1.165) is 0 Å². The summed E-state index contributed by atoms with van der Waals surface area (Å²) in [4.78, 5) is 40.9. The van der Waals surface area contributed by atoms with Crippen LogP contribution in [0.15, 0.2) is 50.8 Å². The molecular weight excluding hydrogens is 332 g/mol. The summed E-state index contributed by atoms with van der Waals surface area (Å²) in [6, 6.07) is 9.97. The average molecular weight is 350 g/mol. The lowest BCUT2D eigenvalue weighted by Crippen LogP contribution is -2.40. The Morgan fingerprint density at radius 2 is 1.69 bits per heavy atom. The predicted octanol–water partition coefficient (Wildman–Crippen LogP) is 0.709. The molecule has 7 heteroatoms. The van der Waals surface area contributed by atoms with Crippen LogP contribution in [0.2, 0.25) is 0 Å². The van der Waals surface area contributed by atoms with Crippen LogP contribution in [0.3, 0.4) is 0 Å². The molecule has 0 radical (unpaired) electrons. The minimum Gasteiger partial charge on any atom is -0.399 e. The van der Waals surface area contributed by atoms with Crippen LogP contribution in [-0.2, 0) is 6.54 Å². The summed E-state index contributed by atoms with van der Waals surface area (Å²) in [5.41, 5.74) is 5.97. The van der Waals surface area contributed by atoms with Gasteiger partial charge in [-0.2, -0.15) is 0 Å². The van der Waals surface area contributed by atoms with Gasteiger partial charge in [0.1, 0.15) is 0 Å². The molecule has 0 aliphatic carbocycles. The Labute approximate surface area is 147 Å². The SMILES string of the molecule is CN(C)CCn1c(=O)c2cc(N)cc3c(=O)c4ccccc4n(c1=O)c32. The summed E-state index contributed by atoms with van der Waals surface area (Å²) in [5, 5.41) is 0.987. The molecule has 2 aromatic heterocycles. The summed E-state index contributed by atoms with van der Waals surface area (Å²) >= 11 is 0. The number of nitrogens with two attached hydrogens (primary N) is 1. The van der Waals surface area contributed by atoms with Crippen LogP contribution in [0.25, 0.3) is 27.2 Å². The highest BCUT2D eigenvalue weighted by Crippen LogP contribution is 2.22. The molecule has 2 aromatic carbocycles. The number of para-hydroxylation sites is 1. The van der Waals surface area contributed by atoms with E-state index < -0.39 is 11.2 Å². The number of rotatable bonds is 3. The zero-order chi connectivity index (χ0) is 18.6. The normalized spacial score (nSPS) is 12.0. The van der Waals surface area contributed by atoms with Crippen LogP contribution in [0.5, 0.6) is 0 Å². The standard InChI is InChI=1S/C19H18N4O3/c1-21(2)7-8-22-18(25)14-10-11(20)9-13-16(14)23(19(22)26)15-6-4-3-5-12(15)17(13)24/h3-6,9-10H,7-8,20H2,1-2H3. The van der Waals surface area contributed by atoms with E-state index in [2.05, 4.69) is 0 Å². The Balaban J connectivity index is 2.31. The van der Waals surface area contributed by atoms with Crippen LogP contribution in [0, 0.1) is 0 Å². The Kier molecular flexibility index (Phi) is 3.55. The number of hydrogen-bond donors (Lipinski definition) is 1. The van der Waals surface area contributed by atoms with Gasteiger partial charge in [0.15, 0.2) is 5.43 Å². The zero-order valence-electron chi connectivity index (χ0n) is 14.5. The molecule has 0 amide bonds. The van der Waals surface area contributed by atoms with Crippen molar-refractivity contribution >= 4 is 32.9 Å². The first-order valence-electron chi connectivity index (χ1n) is 8.28. The lowest BCUT2D eigenvalue weighted by atomic mass is 10.1. The Morgan fingerprint density at radius 1 is 1.00 bits per heavy atom. The molecule has 0 unspecified atom stereocenters. The van der Waals surface area contributed by atoms with Gasteiger partial charge in [-0.25, -0.2) is 4.79 Å². The number of likely N-dealkylation sites (N-methyl/N-ethyl adjacent to an activating group) is 1. The number of nitrogens with zero attached hydrogens (tertiary/aromatic N) is 3. The highest BCUT2D eigenvalue weighted by molar-refractivity contribution is 6.03. The molecular formula is C19H18N4O3. The largest absolute Gasteiger partial charge is 0.399 e. The van der Waals surface area contributed by atoms with Crippen LogP contribution in [0.1, 0.15) is 0 Å². The molecule has 0 fully saturated rings. The quantitative estimate of drug-likeness (QED) is 0.334. The summed E-state index contributed by atoms with van der Waals surface area (Å²) in [6.45, 7) is 0.789. The van der Waals surface area contributed by atoms with E-state index in [1.54, 1.807) is 24.3 Å². The van der Waals surface area contributed by atoms with E-state index in [4.69, 9.17) is 5.73 Å². The third kappa shape index (κ3) is 2.21. The first-order chi connectivity index (χ1) is 12.4. The van der Waals surface area contributed by atoms with Crippen LogP contribution in [-0.4, -0.2) is 34.5 Å². The molecule has 0 aliphatic rings. The van der Waals surface area contributed by atoms with Crippen molar-refractivity contribution in [1.29, 1.82) is 0 Å². The molecule has 4 aromatic rings. The van der Waals surface area contributed by atoms with Crippen molar-refractivity contribution in [1.82, 2.24) is 13.9 Å². The smallest absolute Gasteiger partial charge is 0.336 e. The fourth-order valence-corrected chi connectivity index (χ4v) is 3.41. The van der Waals surface area contributed by atoms with E-state index in [0.29, 0.717) is 28.7 Å². The maximum atomic E-state index is 13.2. The van der Waals surface area contributed by atoms with Gasteiger partial charge in [0.25, 0.3) is 5.56 Å². The molecule has 0 spiro atoms. The first kappa shape index (κ1) is 16.3. The fourth-order valence-electron chi connectivity index (χ4n) is 3.41. The number of benzene rings is 2. The van der Waals surface area contributed by atoms with Crippen molar-refractivity contribution in [3.05, 3.63) is 67.5 Å². The fraction of sp³-hybridized carbons (Fsp3) is 0.211. The van der Waals surface area contributed by atoms with Crippen molar-refractivity contribution in [2.75, 3.05) is 26.4 Å². The van der Waals surface area contributed by atoms with E-state index >= 15 is 0 Å². The molecule has 0 bridgehead atoms. The number of nitrogen functional groups attached to an aromatic ring is 1. The van der Waals surface area contributed by atoms with E-state index in [1.165, 1.54) is 21.1 Å². The minimum atomic E-state index is -0.449. The predicted molar refractivity (Wildman–Crippen MR) is 103 cm³/mol. The number of hydrogen-bond acceptors (Lipinski definition) is 5. The molecule has 2 N–H and O–H groups in total. The lowest BCUT2D eigenvalue weighted by Gasteiger charge is -2.15. The van der Waals surface area contributed by atoms with Gasteiger partial charge in [-0.3, -0.25) is 18.6 Å². The molecule has 26 heavy (non-hydrogen) atoms. The molecule has 2 heterocycles.